The highest BCUT2D eigenvalue weighted by Gasteiger charge is 2.29. The van der Waals surface area contributed by atoms with Crippen LogP contribution in [-0.4, -0.2) is 25.0 Å². The van der Waals surface area contributed by atoms with Gasteiger partial charge in [0, 0.05) is 25.2 Å². The molecule has 0 amide bonds. The van der Waals surface area contributed by atoms with Crippen LogP contribution in [0, 0.1) is 0 Å². The molecule has 3 rings (SSSR count). The third-order valence-corrected chi connectivity index (χ3v) is 5.10. The van der Waals surface area contributed by atoms with Crippen molar-refractivity contribution in [2.24, 2.45) is 7.05 Å². The molecule has 0 unspecified atom stereocenters. The molecule has 1 aliphatic heterocycles. The Morgan fingerprint density at radius 1 is 1.25 bits per heavy atom. The van der Waals surface area contributed by atoms with E-state index in [4.69, 9.17) is 9.47 Å². The fourth-order valence-electron chi connectivity index (χ4n) is 2.49. The van der Waals surface area contributed by atoms with E-state index in [1.54, 1.807) is 19.2 Å². The molecule has 8 heteroatoms. The van der Waals surface area contributed by atoms with Gasteiger partial charge in [-0.25, -0.2) is 13.1 Å². The lowest BCUT2D eigenvalue weighted by Gasteiger charge is -2.17. The van der Waals surface area contributed by atoms with Crippen LogP contribution in [-0.2, 0) is 29.0 Å². The second kappa shape index (κ2) is 5.78. The van der Waals surface area contributed by atoms with Crippen LogP contribution in [0.25, 0.3) is 0 Å². The highest BCUT2D eigenvalue weighted by Crippen LogP contribution is 2.32. The molecule has 0 spiro atoms. The molecule has 0 fully saturated rings. The molecule has 0 saturated carbocycles. The van der Waals surface area contributed by atoms with Gasteiger partial charge >= 0.3 is 0 Å². The Kier molecular flexibility index (Phi) is 4.05. The molecule has 2 heterocycles. The van der Waals surface area contributed by atoms with E-state index in [0.717, 1.165) is 5.56 Å². The smallest absolute Gasteiger partial charge is 0.244 e. The molecular weight excluding hydrogens is 330 g/mol. The predicted molar refractivity (Wildman–Crippen MR) is 88.5 cm³/mol. The summed E-state index contributed by atoms with van der Waals surface area (Å²) in [6.45, 7) is 6.16. The number of hydrogen-bond acceptors (Lipinski definition) is 5. The zero-order valence-electron chi connectivity index (χ0n) is 14.2. The van der Waals surface area contributed by atoms with Gasteiger partial charge in [-0.3, -0.25) is 4.68 Å². The number of benzene rings is 1. The van der Waals surface area contributed by atoms with Crippen LogP contribution in [0.2, 0.25) is 0 Å². The SMILES string of the molecule is Cn1cc(S(=O)(=O)NCc2ccc3c(c2)OCO3)c(C(C)(C)C)n1. The van der Waals surface area contributed by atoms with Gasteiger partial charge in [0.05, 0.1) is 5.69 Å². The van der Waals surface area contributed by atoms with Crippen LogP contribution in [0.5, 0.6) is 11.5 Å². The summed E-state index contributed by atoms with van der Waals surface area (Å²) in [6.07, 6.45) is 1.53. The summed E-state index contributed by atoms with van der Waals surface area (Å²) in [5, 5.41) is 4.31. The Bertz CT molecular complexity index is 866. The summed E-state index contributed by atoms with van der Waals surface area (Å²) in [7, 11) is -1.96. The maximum absolute atomic E-state index is 12.7. The molecule has 1 aromatic heterocycles. The highest BCUT2D eigenvalue weighted by atomic mass is 32.2. The van der Waals surface area contributed by atoms with Gasteiger partial charge in [0.15, 0.2) is 11.5 Å². The average molecular weight is 351 g/mol. The molecule has 24 heavy (non-hydrogen) atoms. The van der Waals surface area contributed by atoms with Crippen molar-refractivity contribution in [3.05, 3.63) is 35.7 Å². The standard InChI is InChI=1S/C16H21N3O4S/c1-16(2,3)15-14(9-19(4)18-15)24(20,21)17-8-11-5-6-12-13(7-11)23-10-22-12/h5-7,9,17H,8,10H2,1-4H3. The number of rotatable bonds is 4. The summed E-state index contributed by atoms with van der Waals surface area (Å²) >= 11 is 0. The Hall–Kier alpha value is -2.06. The van der Waals surface area contributed by atoms with Gasteiger partial charge in [0.2, 0.25) is 16.8 Å². The van der Waals surface area contributed by atoms with Crippen molar-refractivity contribution in [3.63, 3.8) is 0 Å². The fraction of sp³-hybridized carbons (Fsp3) is 0.438. The van der Waals surface area contributed by atoms with Gasteiger partial charge in [0.25, 0.3) is 0 Å². The largest absolute Gasteiger partial charge is 0.454 e. The van der Waals surface area contributed by atoms with E-state index >= 15 is 0 Å². The monoisotopic (exact) mass is 351 g/mol. The lowest BCUT2D eigenvalue weighted by atomic mass is 9.92. The molecule has 0 radical (unpaired) electrons. The van der Waals surface area contributed by atoms with Crippen LogP contribution in [0.3, 0.4) is 0 Å². The second-order valence-electron chi connectivity index (χ2n) is 6.78. The maximum Gasteiger partial charge on any atom is 0.244 e. The minimum atomic E-state index is -3.67. The minimum absolute atomic E-state index is 0.164. The van der Waals surface area contributed by atoms with Gasteiger partial charge in [-0.2, -0.15) is 5.10 Å². The average Bonchev–Trinajstić information content (AvgIpc) is 3.10. The lowest BCUT2D eigenvalue weighted by molar-refractivity contribution is 0.174. The van der Waals surface area contributed by atoms with Crippen molar-refractivity contribution < 1.29 is 17.9 Å². The first-order chi connectivity index (χ1) is 11.2. The van der Waals surface area contributed by atoms with E-state index < -0.39 is 10.0 Å². The quantitative estimate of drug-likeness (QED) is 0.910. The van der Waals surface area contributed by atoms with E-state index in [1.165, 1.54) is 10.9 Å². The third-order valence-electron chi connectivity index (χ3n) is 3.70. The molecule has 2 aromatic rings. The summed E-state index contributed by atoms with van der Waals surface area (Å²) < 4.78 is 40.1. The first kappa shape index (κ1) is 16.8. The fourth-order valence-corrected chi connectivity index (χ4v) is 3.90. The molecular formula is C16H21N3O4S. The minimum Gasteiger partial charge on any atom is -0.454 e. The molecule has 0 bridgehead atoms. The predicted octanol–water partition coefficient (Wildman–Crippen LogP) is 1.92. The van der Waals surface area contributed by atoms with Gasteiger partial charge < -0.3 is 9.47 Å². The molecule has 1 aliphatic rings. The molecule has 7 nitrogen and oxygen atoms in total. The van der Waals surface area contributed by atoms with Crippen LogP contribution < -0.4 is 14.2 Å². The normalized spacial score (nSPS) is 14.2. The Labute approximate surface area is 141 Å². The van der Waals surface area contributed by atoms with Gasteiger partial charge in [-0.05, 0) is 17.7 Å². The number of nitrogens with zero attached hydrogens (tertiary/aromatic N) is 2. The van der Waals surface area contributed by atoms with E-state index in [9.17, 15) is 8.42 Å². The lowest BCUT2D eigenvalue weighted by Crippen LogP contribution is -2.26. The van der Waals surface area contributed by atoms with Gasteiger partial charge in [-0.1, -0.05) is 26.8 Å². The summed E-state index contributed by atoms with van der Waals surface area (Å²) in [6, 6.07) is 5.36. The van der Waals surface area contributed by atoms with E-state index in [-0.39, 0.29) is 23.6 Å². The number of sulfonamides is 1. The summed E-state index contributed by atoms with van der Waals surface area (Å²) in [5.41, 5.74) is 0.969. The summed E-state index contributed by atoms with van der Waals surface area (Å²) in [5.74, 6) is 1.30. The zero-order valence-corrected chi connectivity index (χ0v) is 15.0. The highest BCUT2D eigenvalue weighted by molar-refractivity contribution is 7.89. The van der Waals surface area contributed by atoms with Crippen LogP contribution >= 0.6 is 0 Å². The van der Waals surface area contributed by atoms with Crippen LogP contribution in [0.1, 0.15) is 32.0 Å². The van der Waals surface area contributed by atoms with Crippen molar-refractivity contribution >= 4 is 10.0 Å². The Morgan fingerprint density at radius 3 is 2.67 bits per heavy atom. The number of aromatic nitrogens is 2. The number of nitrogens with one attached hydrogen (secondary N) is 1. The van der Waals surface area contributed by atoms with Crippen molar-refractivity contribution in [1.29, 1.82) is 0 Å². The summed E-state index contributed by atoms with van der Waals surface area (Å²) in [4.78, 5) is 0.207. The molecule has 0 aliphatic carbocycles. The topological polar surface area (TPSA) is 82.5 Å². The molecule has 1 aromatic carbocycles. The first-order valence-corrected chi connectivity index (χ1v) is 9.07. The van der Waals surface area contributed by atoms with E-state index in [1.807, 2.05) is 26.8 Å². The number of hydrogen-bond donors (Lipinski definition) is 1. The zero-order chi connectivity index (χ0) is 17.5. The molecule has 0 saturated heterocycles. The van der Waals surface area contributed by atoms with Gasteiger partial charge in [0.1, 0.15) is 4.90 Å². The number of ether oxygens (including phenoxy) is 2. The molecule has 1 N–H and O–H groups in total. The van der Waals surface area contributed by atoms with Crippen molar-refractivity contribution in [2.45, 2.75) is 37.6 Å². The van der Waals surface area contributed by atoms with Gasteiger partial charge in [-0.15, -0.1) is 0 Å². The van der Waals surface area contributed by atoms with Crippen molar-refractivity contribution in [3.8, 4) is 11.5 Å². The van der Waals surface area contributed by atoms with Crippen LogP contribution in [0.4, 0.5) is 0 Å². The Morgan fingerprint density at radius 2 is 1.96 bits per heavy atom. The number of fused-ring (bicyclic) bond motifs is 1. The molecule has 130 valence electrons. The maximum atomic E-state index is 12.7. The Balaban J connectivity index is 1.82. The van der Waals surface area contributed by atoms with Crippen molar-refractivity contribution in [1.82, 2.24) is 14.5 Å². The third kappa shape index (κ3) is 3.25. The van der Waals surface area contributed by atoms with Crippen molar-refractivity contribution in [2.75, 3.05) is 6.79 Å². The van der Waals surface area contributed by atoms with E-state index in [2.05, 4.69) is 9.82 Å². The first-order valence-electron chi connectivity index (χ1n) is 7.59. The number of aryl methyl sites for hydroxylation is 1. The van der Waals surface area contributed by atoms with Crippen LogP contribution in [0.15, 0.2) is 29.3 Å². The van der Waals surface area contributed by atoms with E-state index in [0.29, 0.717) is 17.2 Å². The second-order valence-corrected chi connectivity index (χ2v) is 8.51. The molecule has 0 atom stereocenters.